The van der Waals surface area contributed by atoms with Gasteiger partial charge in [-0.25, -0.2) is 14.4 Å². The minimum Gasteiger partial charge on any atom is -0.423 e. The number of hydrogen-bond donors (Lipinski definition) is 3. The minimum atomic E-state index is -0.277. The number of rotatable bonds is 4. The van der Waals surface area contributed by atoms with E-state index >= 15 is 0 Å². The van der Waals surface area contributed by atoms with Crippen LogP contribution in [0.5, 0.6) is 11.8 Å². The molecule has 2 unspecified atom stereocenters. The molecule has 2 saturated heterocycles. The molecule has 0 spiro atoms. The van der Waals surface area contributed by atoms with Gasteiger partial charge in [-0.05, 0) is 42.1 Å². The van der Waals surface area contributed by atoms with Gasteiger partial charge in [0.1, 0.15) is 11.6 Å². The van der Waals surface area contributed by atoms with Crippen LogP contribution in [0.2, 0.25) is 0 Å². The molecule has 3 N–H and O–H groups in total. The second-order valence-corrected chi connectivity index (χ2v) is 9.12. The van der Waals surface area contributed by atoms with E-state index in [0.29, 0.717) is 29.8 Å². The van der Waals surface area contributed by atoms with E-state index < -0.39 is 0 Å². The summed E-state index contributed by atoms with van der Waals surface area (Å²) in [6, 6.07) is 5.67. The zero-order valence-electron chi connectivity index (χ0n) is 18.6. The van der Waals surface area contributed by atoms with Gasteiger partial charge in [-0.3, -0.25) is 0 Å². The molecular formula is C24H23FN8O. The van der Waals surface area contributed by atoms with E-state index in [0.717, 1.165) is 65.5 Å². The zero-order chi connectivity index (χ0) is 22.8. The lowest BCUT2D eigenvalue weighted by Gasteiger charge is -2.22. The van der Waals surface area contributed by atoms with Crippen molar-refractivity contribution in [2.24, 2.45) is 5.92 Å². The van der Waals surface area contributed by atoms with E-state index in [1.54, 1.807) is 18.6 Å². The van der Waals surface area contributed by atoms with Crippen molar-refractivity contribution in [1.29, 1.82) is 0 Å². The summed E-state index contributed by atoms with van der Waals surface area (Å²) in [6.07, 6.45) is 4.96. The summed E-state index contributed by atoms with van der Waals surface area (Å²) in [5.41, 5.74) is 5.81. The van der Waals surface area contributed by atoms with Gasteiger partial charge in [0.25, 0.3) is 0 Å². The van der Waals surface area contributed by atoms with Gasteiger partial charge in [0, 0.05) is 49.9 Å². The standard InChI is InChI=1S/C24H23FN8O/c1-26-17-5-13(25)4-16-15(17)7-18-21(16)23(33-9-12-2-3-27-20(12)10-33)32-24(31-18)34-14-6-19-22(28-8-14)30-11-29-19/h4-6,8,11-12,20,26-27H,2-3,7,9-10H2,1H3,(H,28,29,30). The Morgan fingerprint density at radius 2 is 2.12 bits per heavy atom. The van der Waals surface area contributed by atoms with Crippen LogP contribution in [0, 0.1) is 11.7 Å². The number of benzene rings is 1. The third-order valence-electron chi connectivity index (χ3n) is 7.16. The first-order chi connectivity index (χ1) is 16.7. The Balaban J connectivity index is 1.34. The molecule has 10 heteroatoms. The Hall–Kier alpha value is -3.79. The maximum atomic E-state index is 14.5. The molecule has 4 aromatic rings. The fourth-order valence-electron chi connectivity index (χ4n) is 5.58. The van der Waals surface area contributed by atoms with Gasteiger partial charge in [-0.1, -0.05) is 0 Å². The van der Waals surface area contributed by atoms with Gasteiger partial charge in [-0.15, -0.1) is 0 Å². The third-order valence-corrected chi connectivity index (χ3v) is 7.16. The highest BCUT2D eigenvalue weighted by molar-refractivity contribution is 5.88. The average molecular weight is 459 g/mol. The first-order valence-electron chi connectivity index (χ1n) is 11.5. The lowest BCUT2D eigenvalue weighted by Crippen LogP contribution is -2.30. The van der Waals surface area contributed by atoms with Gasteiger partial charge < -0.3 is 25.3 Å². The highest BCUT2D eigenvalue weighted by atomic mass is 19.1. The largest absolute Gasteiger partial charge is 0.423 e. The van der Waals surface area contributed by atoms with Gasteiger partial charge in [0.05, 0.1) is 23.7 Å². The van der Waals surface area contributed by atoms with E-state index in [1.165, 1.54) is 6.07 Å². The van der Waals surface area contributed by atoms with Crippen molar-refractivity contribution >= 4 is 22.7 Å². The molecule has 0 saturated carbocycles. The highest BCUT2D eigenvalue weighted by Gasteiger charge is 2.39. The summed E-state index contributed by atoms with van der Waals surface area (Å²) >= 11 is 0. The highest BCUT2D eigenvalue weighted by Crippen LogP contribution is 2.46. The maximum absolute atomic E-state index is 14.5. The van der Waals surface area contributed by atoms with E-state index in [2.05, 4.69) is 30.5 Å². The van der Waals surface area contributed by atoms with Crippen LogP contribution in [0.3, 0.4) is 0 Å². The fraction of sp³-hybridized carbons (Fsp3) is 0.333. The van der Waals surface area contributed by atoms with Crippen molar-refractivity contribution in [3.05, 3.63) is 47.8 Å². The summed E-state index contributed by atoms with van der Waals surface area (Å²) in [7, 11) is 1.81. The smallest absolute Gasteiger partial charge is 0.324 e. The number of pyridine rings is 1. The summed E-state index contributed by atoms with van der Waals surface area (Å²) in [4.78, 5) is 23.4. The Morgan fingerprint density at radius 3 is 3.00 bits per heavy atom. The molecule has 1 aromatic carbocycles. The summed E-state index contributed by atoms with van der Waals surface area (Å²) in [5, 5.41) is 6.73. The zero-order valence-corrected chi connectivity index (χ0v) is 18.6. The number of imidazole rings is 1. The van der Waals surface area contributed by atoms with Crippen LogP contribution in [-0.2, 0) is 6.42 Å². The number of aromatic nitrogens is 5. The monoisotopic (exact) mass is 458 g/mol. The third kappa shape index (κ3) is 3.02. The lowest BCUT2D eigenvalue weighted by molar-refractivity contribution is 0.439. The molecule has 2 atom stereocenters. The van der Waals surface area contributed by atoms with Crippen molar-refractivity contribution in [2.75, 3.05) is 36.9 Å². The molecule has 0 radical (unpaired) electrons. The number of fused-ring (bicyclic) bond motifs is 5. The first kappa shape index (κ1) is 19.7. The van der Waals surface area contributed by atoms with Gasteiger partial charge in [-0.2, -0.15) is 9.97 Å². The lowest BCUT2D eigenvalue weighted by atomic mass is 10.0. The van der Waals surface area contributed by atoms with E-state index in [1.807, 2.05) is 13.1 Å². The molecule has 3 aliphatic rings. The number of anilines is 2. The Morgan fingerprint density at radius 1 is 1.18 bits per heavy atom. The number of H-pyrrole nitrogens is 1. The van der Waals surface area contributed by atoms with Crippen molar-refractivity contribution in [1.82, 2.24) is 30.2 Å². The van der Waals surface area contributed by atoms with E-state index in [4.69, 9.17) is 14.7 Å². The summed E-state index contributed by atoms with van der Waals surface area (Å²) < 4.78 is 20.6. The van der Waals surface area contributed by atoms with Crippen LogP contribution in [-0.4, -0.2) is 57.6 Å². The predicted molar refractivity (Wildman–Crippen MR) is 126 cm³/mol. The van der Waals surface area contributed by atoms with Crippen LogP contribution < -0.4 is 20.3 Å². The Bertz CT molecular complexity index is 1420. The number of halogens is 1. The summed E-state index contributed by atoms with van der Waals surface area (Å²) in [6.45, 7) is 2.83. The van der Waals surface area contributed by atoms with Gasteiger partial charge in [0.2, 0.25) is 0 Å². The Labute approximate surface area is 194 Å². The second kappa shape index (κ2) is 7.36. The molecular weight excluding hydrogens is 435 g/mol. The van der Waals surface area contributed by atoms with E-state index in [9.17, 15) is 4.39 Å². The SMILES string of the molecule is CNc1cc(F)cc2c1Cc1nc(Oc3cnc4nc[nH]c4c3)nc(N3CC4CCNC4C3)c1-2. The van der Waals surface area contributed by atoms with Crippen molar-refractivity contribution < 1.29 is 9.13 Å². The van der Waals surface area contributed by atoms with Crippen LogP contribution in [0.15, 0.2) is 30.7 Å². The normalized spacial score (nSPS) is 20.5. The number of aromatic amines is 1. The average Bonchev–Trinajstić information content (AvgIpc) is 3.60. The molecule has 1 aliphatic carbocycles. The van der Waals surface area contributed by atoms with Crippen LogP contribution in [0.4, 0.5) is 15.9 Å². The number of hydrogen-bond acceptors (Lipinski definition) is 8. The van der Waals surface area contributed by atoms with Crippen LogP contribution >= 0.6 is 0 Å². The molecule has 2 fully saturated rings. The molecule has 5 heterocycles. The predicted octanol–water partition coefficient (Wildman–Crippen LogP) is 3.09. The van der Waals surface area contributed by atoms with Crippen molar-refractivity contribution in [3.63, 3.8) is 0 Å². The molecule has 172 valence electrons. The quantitative estimate of drug-likeness (QED) is 0.378. The number of nitrogens with zero attached hydrogens (tertiary/aromatic N) is 5. The summed E-state index contributed by atoms with van der Waals surface area (Å²) in [5.74, 6) is 1.64. The van der Waals surface area contributed by atoms with Crippen molar-refractivity contribution in [2.45, 2.75) is 18.9 Å². The number of nitrogens with one attached hydrogen (secondary N) is 3. The molecule has 7 rings (SSSR count). The molecule has 9 nitrogen and oxygen atoms in total. The first-order valence-corrected chi connectivity index (χ1v) is 11.5. The number of ether oxygens (including phenoxy) is 1. The molecule has 2 aliphatic heterocycles. The Kier molecular flexibility index (Phi) is 4.25. The molecule has 3 aromatic heterocycles. The topological polar surface area (TPSA) is 104 Å². The molecule has 0 bridgehead atoms. The fourth-order valence-corrected chi connectivity index (χ4v) is 5.58. The van der Waals surface area contributed by atoms with E-state index in [-0.39, 0.29) is 11.8 Å². The van der Waals surface area contributed by atoms with Gasteiger partial charge >= 0.3 is 6.01 Å². The molecule has 0 amide bonds. The van der Waals surface area contributed by atoms with Crippen LogP contribution in [0.1, 0.15) is 17.7 Å². The van der Waals surface area contributed by atoms with Gasteiger partial charge in [0.15, 0.2) is 11.4 Å². The van der Waals surface area contributed by atoms with Crippen molar-refractivity contribution in [3.8, 4) is 22.9 Å². The second-order valence-electron chi connectivity index (χ2n) is 9.12. The van der Waals surface area contributed by atoms with Crippen LogP contribution in [0.25, 0.3) is 22.3 Å². The molecule has 34 heavy (non-hydrogen) atoms. The minimum absolute atomic E-state index is 0.263. The maximum Gasteiger partial charge on any atom is 0.324 e.